The fraction of sp³-hybridized carbons (Fsp3) is 0.250. The number of esters is 1. The summed E-state index contributed by atoms with van der Waals surface area (Å²) in [6, 6.07) is 9.84. The van der Waals surface area contributed by atoms with E-state index in [2.05, 4.69) is 6.58 Å². The van der Waals surface area contributed by atoms with Gasteiger partial charge in [0.2, 0.25) is 10.0 Å². The molecule has 0 bridgehead atoms. The summed E-state index contributed by atoms with van der Waals surface area (Å²) < 4.78 is 32.0. The van der Waals surface area contributed by atoms with Crippen LogP contribution in [0.1, 0.15) is 31.1 Å². The first-order valence-corrected chi connectivity index (χ1v) is 12.8. The second kappa shape index (κ2) is 10.2. The maximum absolute atomic E-state index is 12.8. The summed E-state index contributed by atoms with van der Waals surface area (Å²) in [7, 11) is -3.72. The molecule has 0 N–H and O–H groups in total. The molecule has 0 atom stereocenters. The Bertz CT molecular complexity index is 1350. The van der Waals surface area contributed by atoms with Crippen molar-refractivity contribution in [2.45, 2.75) is 4.90 Å². The number of fused-ring (bicyclic) bond motifs is 1. The molecule has 0 aromatic heterocycles. The summed E-state index contributed by atoms with van der Waals surface area (Å²) in [6.07, 6.45) is 1.43. The van der Waals surface area contributed by atoms with Crippen LogP contribution in [0.3, 0.4) is 0 Å². The van der Waals surface area contributed by atoms with Gasteiger partial charge in [0, 0.05) is 37.7 Å². The number of imide groups is 1. The van der Waals surface area contributed by atoms with Gasteiger partial charge in [0.15, 0.2) is 6.61 Å². The highest BCUT2D eigenvalue weighted by molar-refractivity contribution is 7.89. The molecule has 0 aliphatic carbocycles. The number of hydrogen-bond acceptors (Lipinski definition) is 7. The predicted octanol–water partition coefficient (Wildman–Crippen LogP) is 1.81. The zero-order chi connectivity index (χ0) is 26.0. The average molecular weight is 532 g/mol. The summed E-state index contributed by atoms with van der Waals surface area (Å²) in [4.78, 5) is 52.3. The summed E-state index contributed by atoms with van der Waals surface area (Å²) in [5.41, 5.74) is 0.295. The van der Waals surface area contributed by atoms with E-state index in [0.29, 0.717) is 5.02 Å². The quantitative estimate of drug-likeness (QED) is 0.303. The van der Waals surface area contributed by atoms with Crippen molar-refractivity contribution in [1.82, 2.24) is 14.1 Å². The van der Waals surface area contributed by atoms with E-state index in [1.165, 1.54) is 57.7 Å². The van der Waals surface area contributed by atoms with Crippen LogP contribution in [0.4, 0.5) is 0 Å². The summed E-state index contributed by atoms with van der Waals surface area (Å²) in [5, 5.41) is 0.425. The molecule has 2 heterocycles. The molecule has 0 spiro atoms. The number of sulfonamides is 1. The molecule has 1 saturated heterocycles. The standard InChI is InChI=1S/C24H22ClN3O7S/c1-2-9-28-22(30)19-8-3-16(14-20(19)23(28)31)24(32)35-15-21(29)26-10-12-27(13-11-26)36(33,34)18-6-4-17(25)5-7-18/h2-8,14H,1,9-13,15H2. The van der Waals surface area contributed by atoms with Crippen LogP contribution in [-0.2, 0) is 19.6 Å². The normalized spacial score (nSPS) is 16.1. The van der Waals surface area contributed by atoms with E-state index >= 15 is 0 Å². The van der Waals surface area contributed by atoms with Gasteiger partial charge < -0.3 is 9.64 Å². The summed E-state index contributed by atoms with van der Waals surface area (Å²) in [5.74, 6) is -2.30. The van der Waals surface area contributed by atoms with Gasteiger partial charge in [-0.05, 0) is 42.5 Å². The third kappa shape index (κ3) is 4.90. The molecule has 2 aromatic carbocycles. The monoisotopic (exact) mass is 531 g/mol. The first-order chi connectivity index (χ1) is 17.1. The lowest BCUT2D eigenvalue weighted by Crippen LogP contribution is -2.51. The zero-order valence-corrected chi connectivity index (χ0v) is 20.6. The second-order valence-electron chi connectivity index (χ2n) is 8.08. The Hall–Kier alpha value is -3.54. The fourth-order valence-corrected chi connectivity index (χ4v) is 5.50. The number of ether oxygens (including phenoxy) is 1. The van der Waals surface area contributed by atoms with E-state index in [9.17, 15) is 27.6 Å². The van der Waals surface area contributed by atoms with Crippen molar-refractivity contribution in [3.8, 4) is 0 Å². The predicted molar refractivity (Wildman–Crippen MR) is 129 cm³/mol. The lowest BCUT2D eigenvalue weighted by atomic mass is 10.1. The van der Waals surface area contributed by atoms with Crippen LogP contribution in [0.5, 0.6) is 0 Å². The number of halogens is 1. The highest BCUT2D eigenvalue weighted by atomic mass is 35.5. The van der Waals surface area contributed by atoms with Crippen molar-refractivity contribution in [2.75, 3.05) is 39.3 Å². The molecule has 2 aliphatic rings. The minimum Gasteiger partial charge on any atom is -0.452 e. The van der Waals surface area contributed by atoms with E-state index in [4.69, 9.17) is 16.3 Å². The number of carbonyl (C=O) groups excluding carboxylic acids is 4. The Morgan fingerprint density at radius 1 is 0.972 bits per heavy atom. The van der Waals surface area contributed by atoms with Crippen LogP contribution in [0, 0.1) is 0 Å². The topological polar surface area (TPSA) is 121 Å². The Labute approximate surface area is 212 Å². The van der Waals surface area contributed by atoms with Crippen LogP contribution in [0.25, 0.3) is 0 Å². The molecule has 0 unspecified atom stereocenters. The van der Waals surface area contributed by atoms with Gasteiger partial charge in [-0.3, -0.25) is 19.3 Å². The third-order valence-electron chi connectivity index (χ3n) is 5.89. The number of piperazine rings is 1. The van der Waals surface area contributed by atoms with Crippen molar-refractivity contribution in [3.05, 3.63) is 76.8 Å². The molecular formula is C24H22ClN3O7S. The van der Waals surface area contributed by atoms with Crippen LogP contribution in [0.2, 0.25) is 5.02 Å². The molecule has 36 heavy (non-hydrogen) atoms. The number of carbonyl (C=O) groups is 4. The molecule has 1 fully saturated rings. The van der Waals surface area contributed by atoms with Crippen molar-refractivity contribution in [3.63, 3.8) is 0 Å². The molecule has 2 aromatic rings. The molecule has 4 rings (SSSR count). The number of hydrogen-bond donors (Lipinski definition) is 0. The maximum Gasteiger partial charge on any atom is 0.338 e. The number of rotatable bonds is 7. The minimum atomic E-state index is -3.72. The van der Waals surface area contributed by atoms with Crippen molar-refractivity contribution < 1.29 is 32.3 Å². The van der Waals surface area contributed by atoms with Gasteiger partial charge in [0.05, 0.1) is 21.6 Å². The van der Waals surface area contributed by atoms with Crippen LogP contribution >= 0.6 is 11.6 Å². The summed E-state index contributed by atoms with van der Waals surface area (Å²) in [6.45, 7) is 3.48. The van der Waals surface area contributed by atoms with E-state index in [-0.39, 0.29) is 54.3 Å². The van der Waals surface area contributed by atoms with Crippen molar-refractivity contribution in [2.24, 2.45) is 0 Å². The number of amides is 3. The Morgan fingerprint density at radius 3 is 2.25 bits per heavy atom. The first-order valence-electron chi connectivity index (χ1n) is 10.9. The van der Waals surface area contributed by atoms with Gasteiger partial charge in [0.25, 0.3) is 17.7 Å². The molecule has 10 nitrogen and oxygen atoms in total. The molecule has 12 heteroatoms. The fourth-order valence-electron chi connectivity index (χ4n) is 3.95. The van der Waals surface area contributed by atoms with E-state index in [1.54, 1.807) is 0 Å². The number of nitrogens with zero attached hydrogens (tertiary/aromatic N) is 3. The van der Waals surface area contributed by atoms with E-state index in [0.717, 1.165) is 4.90 Å². The minimum absolute atomic E-state index is 0.0297. The third-order valence-corrected chi connectivity index (χ3v) is 8.05. The molecule has 0 radical (unpaired) electrons. The maximum atomic E-state index is 12.8. The van der Waals surface area contributed by atoms with Crippen molar-refractivity contribution in [1.29, 1.82) is 0 Å². The van der Waals surface area contributed by atoms with Gasteiger partial charge >= 0.3 is 5.97 Å². The van der Waals surface area contributed by atoms with Gasteiger partial charge in [0.1, 0.15) is 0 Å². The van der Waals surface area contributed by atoms with E-state index < -0.39 is 40.3 Å². The highest BCUT2D eigenvalue weighted by Crippen LogP contribution is 2.24. The second-order valence-corrected chi connectivity index (χ2v) is 10.5. The molecule has 188 valence electrons. The Kier molecular flexibility index (Phi) is 7.25. The Morgan fingerprint density at radius 2 is 1.61 bits per heavy atom. The van der Waals surface area contributed by atoms with Gasteiger partial charge in [-0.1, -0.05) is 17.7 Å². The molecule has 3 amide bonds. The van der Waals surface area contributed by atoms with E-state index in [1.807, 2.05) is 0 Å². The molecule has 0 saturated carbocycles. The molecule has 2 aliphatic heterocycles. The van der Waals surface area contributed by atoms with Gasteiger partial charge in [-0.25, -0.2) is 13.2 Å². The first kappa shape index (κ1) is 25.5. The SMILES string of the molecule is C=CCN1C(=O)c2ccc(C(=O)OCC(=O)N3CCN(S(=O)(=O)c4ccc(Cl)cc4)CC3)cc2C1=O. The van der Waals surface area contributed by atoms with Gasteiger partial charge in [-0.15, -0.1) is 6.58 Å². The zero-order valence-electron chi connectivity index (χ0n) is 19.1. The largest absolute Gasteiger partial charge is 0.452 e. The average Bonchev–Trinajstić information content (AvgIpc) is 3.12. The van der Waals surface area contributed by atoms with Crippen LogP contribution < -0.4 is 0 Å². The number of benzene rings is 2. The summed E-state index contributed by atoms with van der Waals surface area (Å²) >= 11 is 5.82. The Balaban J connectivity index is 1.32. The molecular weight excluding hydrogens is 510 g/mol. The van der Waals surface area contributed by atoms with Gasteiger partial charge in [-0.2, -0.15) is 4.31 Å². The van der Waals surface area contributed by atoms with Crippen LogP contribution in [-0.4, -0.2) is 85.5 Å². The highest BCUT2D eigenvalue weighted by Gasteiger charge is 2.35. The smallest absolute Gasteiger partial charge is 0.338 e. The lowest BCUT2D eigenvalue weighted by molar-refractivity contribution is -0.135. The van der Waals surface area contributed by atoms with Crippen LogP contribution in [0.15, 0.2) is 60.0 Å². The lowest BCUT2D eigenvalue weighted by Gasteiger charge is -2.33. The van der Waals surface area contributed by atoms with Crippen molar-refractivity contribution >= 4 is 45.3 Å².